The Balaban J connectivity index is 1.78. The number of ether oxygens (including phenoxy) is 4. The molecule has 0 aromatic carbocycles. The molecule has 2 heterocycles. The molecule has 2 fully saturated rings. The molecule has 2 aliphatic heterocycles. The molecule has 14 nitrogen and oxygen atoms in total. The van der Waals surface area contributed by atoms with Gasteiger partial charge in [-0.3, -0.25) is 4.79 Å². The van der Waals surface area contributed by atoms with E-state index in [2.05, 4.69) is 43.5 Å². The summed E-state index contributed by atoms with van der Waals surface area (Å²) < 4.78 is 22.8. The van der Waals surface area contributed by atoms with E-state index in [0.29, 0.717) is 6.42 Å². The maximum Gasteiger partial charge on any atom is 0.220 e. The first-order valence-corrected chi connectivity index (χ1v) is 29.7. The molecule has 14 heteroatoms. The summed E-state index contributed by atoms with van der Waals surface area (Å²) in [5, 5.41) is 87.1. The van der Waals surface area contributed by atoms with Crippen LogP contribution in [0, 0.1) is 0 Å². The van der Waals surface area contributed by atoms with Crippen molar-refractivity contribution >= 4 is 5.91 Å². The lowest BCUT2D eigenvalue weighted by Crippen LogP contribution is -2.65. The van der Waals surface area contributed by atoms with Crippen LogP contribution in [0.4, 0.5) is 0 Å². The van der Waals surface area contributed by atoms with Crippen LogP contribution in [0.1, 0.15) is 239 Å². The Hall–Kier alpha value is -1.79. The van der Waals surface area contributed by atoms with Crippen LogP contribution >= 0.6 is 0 Å². The summed E-state index contributed by atoms with van der Waals surface area (Å²) in [5.41, 5.74) is 0. The Morgan fingerprint density at radius 1 is 0.493 bits per heavy atom. The van der Waals surface area contributed by atoms with Gasteiger partial charge in [0.05, 0.1) is 32.0 Å². The molecule has 2 rings (SSSR count). The van der Waals surface area contributed by atoms with E-state index < -0.39 is 86.8 Å². The first-order chi connectivity index (χ1) is 35.6. The predicted molar refractivity (Wildman–Crippen MR) is 291 cm³/mol. The fraction of sp³-hybridized carbons (Fsp3) is 0.881. The normalized spacial score (nSPS) is 25.6. The average Bonchev–Trinajstić information content (AvgIpc) is 3.39. The van der Waals surface area contributed by atoms with Crippen LogP contribution in [0.15, 0.2) is 36.5 Å². The molecule has 0 aliphatic carbocycles. The average molecular weight is 1040 g/mol. The molecule has 1 amide bonds. The number of rotatable bonds is 47. The van der Waals surface area contributed by atoms with Gasteiger partial charge in [0, 0.05) is 6.42 Å². The molecule has 9 N–H and O–H groups in total. The number of nitrogens with one attached hydrogen (secondary N) is 1. The number of aliphatic hydroxyl groups is 8. The van der Waals surface area contributed by atoms with Gasteiger partial charge in [0.25, 0.3) is 0 Å². The summed E-state index contributed by atoms with van der Waals surface area (Å²) in [6, 6.07) is -0.916. The zero-order chi connectivity index (χ0) is 53.2. The second kappa shape index (κ2) is 45.3. The third-order valence-electron chi connectivity index (χ3n) is 14.6. The van der Waals surface area contributed by atoms with E-state index in [4.69, 9.17) is 18.9 Å². The molecule has 0 spiro atoms. The quantitative estimate of drug-likeness (QED) is 0.0205. The molecule has 73 heavy (non-hydrogen) atoms. The van der Waals surface area contributed by atoms with Crippen LogP contribution in [0.2, 0.25) is 0 Å². The van der Waals surface area contributed by atoms with Gasteiger partial charge >= 0.3 is 0 Å². The van der Waals surface area contributed by atoms with Crippen molar-refractivity contribution < 1.29 is 64.6 Å². The number of amides is 1. The topological polar surface area (TPSA) is 228 Å². The van der Waals surface area contributed by atoms with Crippen LogP contribution < -0.4 is 5.32 Å². The fourth-order valence-corrected chi connectivity index (χ4v) is 9.73. The summed E-state index contributed by atoms with van der Waals surface area (Å²) >= 11 is 0. The second-order valence-electron chi connectivity index (χ2n) is 21.1. The largest absolute Gasteiger partial charge is 0.394 e. The van der Waals surface area contributed by atoms with Crippen molar-refractivity contribution in [1.29, 1.82) is 0 Å². The number of unbranched alkanes of at least 4 members (excludes halogenated alkanes) is 30. The van der Waals surface area contributed by atoms with E-state index in [1.54, 1.807) is 6.08 Å². The minimum Gasteiger partial charge on any atom is -0.394 e. The molecule has 0 bridgehead atoms. The highest BCUT2D eigenvalue weighted by atomic mass is 16.7. The summed E-state index contributed by atoms with van der Waals surface area (Å²) in [6.45, 7) is 2.80. The van der Waals surface area contributed by atoms with Crippen LogP contribution in [0.5, 0.6) is 0 Å². The van der Waals surface area contributed by atoms with Crippen LogP contribution in [-0.4, -0.2) is 140 Å². The molecule has 0 aromatic heterocycles. The summed E-state index contributed by atoms with van der Waals surface area (Å²) in [6.07, 6.45) is 37.4. The first kappa shape index (κ1) is 67.3. The van der Waals surface area contributed by atoms with Gasteiger partial charge in [0.1, 0.15) is 48.8 Å². The molecule has 12 atom stereocenters. The highest BCUT2D eigenvalue weighted by Crippen LogP contribution is 2.30. The minimum atomic E-state index is -1.79. The number of allylic oxidation sites excluding steroid dienone is 5. The van der Waals surface area contributed by atoms with E-state index in [9.17, 15) is 45.6 Å². The summed E-state index contributed by atoms with van der Waals surface area (Å²) in [7, 11) is 0. The zero-order valence-corrected chi connectivity index (χ0v) is 45.9. The van der Waals surface area contributed by atoms with E-state index in [1.807, 2.05) is 6.08 Å². The fourth-order valence-electron chi connectivity index (χ4n) is 9.73. The number of aliphatic hydroxyl groups excluding tert-OH is 8. The summed E-state index contributed by atoms with van der Waals surface area (Å²) in [5.74, 6) is -0.242. The van der Waals surface area contributed by atoms with Gasteiger partial charge in [0.2, 0.25) is 5.91 Å². The lowest BCUT2D eigenvalue weighted by Gasteiger charge is -2.46. The Bertz CT molecular complexity index is 1370. The smallest absolute Gasteiger partial charge is 0.220 e. The van der Waals surface area contributed by atoms with Crippen molar-refractivity contribution in [2.75, 3.05) is 19.8 Å². The standard InChI is InChI=1S/C59H109NO13/c1-3-5-7-9-11-13-15-17-19-21-23-24-25-27-29-31-33-35-37-39-41-43-51(64)60-47(48(63)42-40-38-36-34-32-30-28-26-22-20-18-16-14-12-10-8-6-4-2)46-70-58-56(69)54(67)57(50(45-62)72-58)73-59-55(68)53(66)52(65)49(44-61)71-59/h15,17,21,23,40,42,47-50,52-59,61-63,65-69H,3-14,16,18-20,22,24-39,41,43-46H2,1-2H3,(H,60,64)/b17-15-,23-21-,42-40+. The molecular weight excluding hydrogens is 931 g/mol. The Morgan fingerprint density at radius 3 is 1.37 bits per heavy atom. The van der Waals surface area contributed by atoms with Gasteiger partial charge in [-0.1, -0.05) is 217 Å². The van der Waals surface area contributed by atoms with Crippen molar-refractivity contribution in [1.82, 2.24) is 5.32 Å². The van der Waals surface area contributed by atoms with Crippen LogP contribution in [0.3, 0.4) is 0 Å². The second-order valence-corrected chi connectivity index (χ2v) is 21.1. The molecule has 0 radical (unpaired) electrons. The van der Waals surface area contributed by atoms with Crippen molar-refractivity contribution in [2.24, 2.45) is 0 Å². The van der Waals surface area contributed by atoms with Crippen LogP contribution in [0.25, 0.3) is 0 Å². The summed E-state index contributed by atoms with van der Waals surface area (Å²) in [4.78, 5) is 13.3. The minimum absolute atomic E-state index is 0.242. The lowest BCUT2D eigenvalue weighted by atomic mass is 9.97. The van der Waals surface area contributed by atoms with Gasteiger partial charge in [0.15, 0.2) is 12.6 Å². The van der Waals surface area contributed by atoms with Crippen molar-refractivity contribution in [3.05, 3.63) is 36.5 Å². The van der Waals surface area contributed by atoms with E-state index in [1.165, 1.54) is 161 Å². The Labute approximate surface area is 442 Å². The Kier molecular flexibility index (Phi) is 41.7. The van der Waals surface area contributed by atoms with Gasteiger partial charge in [-0.25, -0.2) is 0 Å². The molecule has 2 saturated heterocycles. The molecule has 0 saturated carbocycles. The highest BCUT2D eigenvalue weighted by molar-refractivity contribution is 5.76. The van der Waals surface area contributed by atoms with Gasteiger partial charge < -0.3 is 65.1 Å². The number of hydrogen-bond donors (Lipinski definition) is 9. The molecular formula is C59H109NO13. The van der Waals surface area contributed by atoms with Crippen molar-refractivity contribution in [3.8, 4) is 0 Å². The number of carbonyl (C=O) groups excluding carboxylic acids is 1. The number of hydrogen-bond acceptors (Lipinski definition) is 13. The SMILES string of the molecule is CCCCCCC/C=C\C/C=C\CCCCCCCCCCCC(=O)NC(COC1OC(CO)C(OC2OC(CO)C(O)C(O)C2O)C(O)C1O)C(O)/C=C/CCCCCCCCCCCCCCCCCC. The third-order valence-corrected chi connectivity index (χ3v) is 14.6. The third kappa shape index (κ3) is 31.3. The molecule has 428 valence electrons. The van der Waals surface area contributed by atoms with Crippen LogP contribution in [-0.2, 0) is 23.7 Å². The van der Waals surface area contributed by atoms with Crippen molar-refractivity contribution in [3.63, 3.8) is 0 Å². The maximum absolute atomic E-state index is 13.3. The molecule has 0 aromatic rings. The van der Waals surface area contributed by atoms with Gasteiger partial charge in [-0.15, -0.1) is 0 Å². The predicted octanol–water partition coefficient (Wildman–Crippen LogP) is 9.83. The molecule has 2 aliphatic rings. The lowest BCUT2D eigenvalue weighted by molar-refractivity contribution is -0.359. The van der Waals surface area contributed by atoms with Crippen molar-refractivity contribution in [2.45, 2.75) is 312 Å². The first-order valence-electron chi connectivity index (χ1n) is 29.7. The zero-order valence-electron chi connectivity index (χ0n) is 45.9. The van der Waals surface area contributed by atoms with Gasteiger partial charge in [-0.2, -0.15) is 0 Å². The van der Waals surface area contributed by atoms with E-state index in [0.717, 1.165) is 51.4 Å². The maximum atomic E-state index is 13.3. The van der Waals surface area contributed by atoms with Gasteiger partial charge in [-0.05, 0) is 51.4 Å². The molecule has 12 unspecified atom stereocenters. The Morgan fingerprint density at radius 2 is 0.904 bits per heavy atom. The monoisotopic (exact) mass is 1040 g/mol. The highest BCUT2D eigenvalue weighted by Gasteiger charge is 2.51. The van der Waals surface area contributed by atoms with E-state index in [-0.39, 0.29) is 18.9 Å². The van der Waals surface area contributed by atoms with E-state index >= 15 is 0 Å². The number of carbonyl (C=O) groups is 1.